The number of rotatable bonds is 4. The Morgan fingerprint density at radius 2 is 1.91 bits per heavy atom. The van der Waals surface area contributed by atoms with Crippen molar-refractivity contribution < 1.29 is 49.5 Å². The van der Waals surface area contributed by atoms with Crippen molar-refractivity contribution in [1.29, 1.82) is 0 Å². The fraction of sp³-hybridized carbons (Fsp3) is 1.00. The van der Waals surface area contributed by atoms with Gasteiger partial charge in [0.2, 0.25) is 10.4 Å². The second-order valence-electron chi connectivity index (χ2n) is 1.07. The Morgan fingerprint density at radius 1 is 1.45 bits per heavy atom. The summed E-state index contributed by atoms with van der Waals surface area (Å²) in [6.45, 7) is -4.41. The predicted molar refractivity (Wildman–Crippen MR) is 22.7 cm³/mol. The Kier molecular flexibility index (Phi) is 7.40. The van der Waals surface area contributed by atoms with Gasteiger partial charge in [0.05, 0.1) is 0 Å². The molecule has 0 rings (SSSR count). The van der Waals surface area contributed by atoms with E-state index in [-0.39, 0.29) is 18.9 Å². The van der Waals surface area contributed by atoms with Crippen LogP contribution in [0.4, 0.5) is 8.78 Å². The molecule has 0 saturated carbocycles. The minimum atomic E-state index is -4.93. The Morgan fingerprint density at radius 3 is 2.18 bits per heavy atom. The van der Waals surface area contributed by atoms with Gasteiger partial charge in [-0.25, -0.2) is 8.42 Å². The van der Waals surface area contributed by atoms with Crippen LogP contribution >= 0.6 is 0 Å². The Balaban J connectivity index is 0. The van der Waals surface area contributed by atoms with Gasteiger partial charge in [-0.15, -0.1) is 0 Å². The molecule has 0 fully saturated rings. The van der Waals surface area contributed by atoms with Crippen molar-refractivity contribution in [3.8, 4) is 0 Å². The van der Waals surface area contributed by atoms with Crippen molar-refractivity contribution in [2.75, 3.05) is 6.79 Å². The van der Waals surface area contributed by atoms with E-state index in [0.717, 1.165) is 0 Å². The topological polar surface area (TPSA) is 75.7 Å². The van der Waals surface area contributed by atoms with Crippen LogP contribution in [0.3, 0.4) is 0 Å². The molecule has 0 bridgehead atoms. The molecule has 0 atom stereocenters. The van der Waals surface area contributed by atoms with Crippen LogP contribution in [0.15, 0.2) is 0 Å². The van der Waals surface area contributed by atoms with Crippen molar-refractivity contribution in [2.45, 2.75) is 6.61 Å². The first-order valence-corrected chi connectivity index (χ1v) is 3.25. The summed E-state index contributed by atoms with van der Waals surface area (Å²) in [6, 6.07) is 0. The van der Waals surface area contributed by atoms with Gasteiger partial charge in [-0.1, -0.05) is 0 Å². The fourth-order valence-corrected chi connectivity index (χ4v) is 0.312. The van der Waals surface area contributed by atoms with Gasteiger partial charge >= 0.3 is 25.5 Å². The van der Waals surface area contributed by atoms with Crippen LogP contribution < -0.4 is 18.9 Å². The first kappa shape index (κ1) is 13.8. The van der Waals surface area contributed by atoms with Crippen LogP contribution in [0.1, 0.15) is 0 Å². The summed E-state index contributed by atoms with van der Waals surface area (Å²) in [5, 5.41) is 0. The smallest absolute Gasteiger partial charge is 0.725 e. The first-order valence-electron chi connectivity index (χ1n) is 1.92. The average molecular weight is 184 g/mol. The van der Waals surface area contributed by atoms with Gasteiger partial charge in [-0.05, 0) is 0 Å². The second-order valence-corrected chi connectivity index (χ2v) is 2.12. The number of halogens is 2. The van der Waals surface area contributed by atoms with Crippen LogP contribution in [0.5, 0.6) is 0 Å². The number of hydrogen-bond donors (Lipinski definition) is 0. The molecule has 0 N–H and O–H groups in total. The SMILES string of the molecule is O=S(=O)([O-])OCOC(F)F.[Li+]. The van der Waals surface area contributed by atoms with Crippen molar-refractivity contribution in [3.05, 3.63) is 0 Å². The van der Waals surface area contributed by atoms with Crippen molar-refractivity contribution in [1.82, 2.24) is 0 Å². The zero-order valence-corrected chi connectivity index (χ0v) is 6.31. The average Bonchev–Trinajstić information content (AvgIpc) is 1.59. The van der Waals surface area contributed by atoms with E-state index in [1.54, 1.807) is 0 Å². The van der Waals surface area contributed by atoms with Crippen molar-refractivity contribution >= 4 is 10.4 Å². The standard InChI is InChI=1S/C2H4F2O5S.Li/c3-2(4)8-1-9-10(5,6)7;/h2H,1H2,(H,5,6,7);/q;+1/p-1. The van der Waals surface area contributed by atoms with Crippen LogP contribution in [-0.2, 0) is 19.3 Å². The Labute approximate surface area is 73.8 Å². The van der Waals surface area contributed by atoms with E-state index in [2.05, 4.69) is 8.92 Å². The second kappa shape index (κ2) is 5.88. The van der Waals surface area contributed by atoms with Gasteiger partial charge in [-0.3, -0.25) is 8.92 Å². The van der Waals surface area contributed by atoms with E-state index >= 15 is 0 Å². The molecule has 0 saturated heterocycles. The molecule has 0 aliphatic carbocycles. The first-order chi connectivity index (χ1) is 4.42. The zero-order valence-electron chi connectivity index (χ0n) is 5.49. The summed E-state index contributed by atoms with van der Waals surface area (Å²) in [4.78, 5) is 0. The van der Waals surface area contributed by atoms with Gasteiger partial charge in [-0.2, -0.15) is 8.78 Å². The predicted octanol–water partition coefficient (Wildman–Crippen LogP) is -3.34. The van der Waals surface area contributed by atoms with Crippen LogP contribution in [0.2, 0.25) is 0 Å². The summed E-state index contributed by atoms with van der Waals surface area (Å²) in [7, 11) is -4.93. The Bertz CT molecular complexity index is 179. The summed E-state index contributed by atoms with van der Waals surface area (Å²) in [5.41, 5.74) is 0. The normalized spacial score (nSPS) is 11.3. The maximum Gasteiger partial charge on any atom is 1.00 e. The number of ether oxygens (including phenoxy) is 1. The van der Waals surface area contributed by atoms with E-state index in [1.807, 2.05) is 0 Å². The van der Waals surface area contributed by atoms with Gasteiger partial charge in [0, 0.05) is 0 Å². The molecular formula is C2H3F2LiO5S. The van der Waals surface area contributed by atoms with E-state index in [0.29, 0.717) is 0 Å². The third kappa shape index (κ3) is 13.3. The molecule has 0 unspecified atom stereocenters. The zero-order chi connectivity index (χ0) is 8.20. The maximum atomic E-state index is 11.0. The van der Waals surface area contributed by atoms with E-state index in [4.69, 9.17) is 0 Å². The molecule has 5 nitrogen and oxygen atoms in total. The van der Waals surface area contributed by atoms with E-state index in [9.17, 15) is 21.8 Å². The fourth-order valence-electron chi connectivity index (χ4n) is 0.138. The molecule has 0 spiro atoms. The quantitative estimate of drug-likeness (QED) is 0.197. The summed E-state index contributed by atoms with van der Waals surface area (Å²) in [5.74, 6) is 0. The molecule has 0 aromatic heterocycles. The molecule has 0 aliphatic rings. The van der Waals surface area contributed by atoms with Gasteiger partial charge in [0.1, 0.15) is 0 Å². The molecule has 0 aromatic carbocycles. The molecule has 0 heterocycles. The van der Waals surface area contributed by atoms with Crippen LogP contribution in [0.25, 0.3) is 0 Å². The molecular weight excluding hydrogens is 181 g/mol. The Hall–Kier alpha value is 0.287. The van der Waals surface area contributed by atoms with Gasteiger partial charge in [0.25, 0.3) is 0 Å². The third-order valence-corrected chi connectivity index (χ3v) is 0.771. The molecule has 11 heavy (non-hydrogen) atoms. The van der Waals surface area contributed by atoms with Crippen LogP contribution in [0, 0.1) is 0 Å². The monoisotopic (exact) mass is 184 g/mol. The summed E-state index contributed by atoms with van der Waals surface area (Å²) >= 11 is 0. The van der Waals surface area contributed by atoms with Crippen LogP contribution in [-0.4, -0.2) is 26.4 Å². The maximum absolute atomic E-state index is 11.0. The summed E-state index contributed by atoms with van der Waals surface area (Å²) in [6.07, 6.45) is 0. The number of alkyl halides is 2. The third-order valence-electron chi connectivity index (χ3n) is 0.386. The molecule has 0 aliphatic heterocycles. The molecule has 0 amide bonds. The minimum absolute atomic E-state index is 0. The largest absolute Gasteiger partial charge is 1.00 e. The molecule has 62 valence electrons. The van der Waals surface area contributed by atoms with E-state index in [1.165, 1.54) is 0 Å². The minimum Gasteiger partial charge on any atom is -0.725 e. The molecule has 0 radical (unpaired) electrons. The van der Waals surface area contributed by atoms with Crippen molar-refractivity contribution in [2.24, 2.45) is 0 Å². The number of hydrogen-bond acceptors (Lipinski definition) is 5. The van der Waals surface area contributed by atoms with Crippen molar-refractivity contribution in [3.63, 3.8) is 0 Å². The van der Waals surface area contributed by atoms with Gasteiger partial charge < -0.3 is 4.55 Å². The molecule has 9 heteroatoms. The van der Waals surface area contributed by atoms with E-state index < -0.39 is 23.8 Å². The summed E-state index contributed by atoms with van der Waals surface area (Å²) < 4.78 is 57.1. The molecule has 0 aromatic rings. The van der Waals surface area contributed by atoms with Gasteiger partial charge in [0.15, 0.2) is 6.79 Å².